The van der Waals surface area contributed by atoms with Crippen molar-refractivity contribution in [2.24, 2.45) is 5.92 Å². The molecule has 7 heteroatoms. The molecule has 0 N–H and O–H groups in total. The molecule has 2 amide bonds. The van der Waals surface area contributed by atoms with Gasteiger partial charge >= 0.3 is 0 Å². The molecule has 186 valence electrons. The first-order chi connectivity index (χ1) is 17.2. The van der Waals surface area contributed by atoms with Gasteiger partial charge in [0, 0.05) is 18.7 Å². The van der Waals surface area contributed by atoms with Crippen molar-refractivity contribution in [3.63, 3.8) is 0 Å². The SMILES string of the molecule is Cc1ccc(C)c(CN2C(=O)c3ccccc3S(=O)(=O)c3ccc(C(=O)N4CCC(C)CC4)cc32)c1. The molecule has 3 aromatic carbocycles. The van der Waals surface area contributed by atoms with Crippen molar-refractivity contribution in [1.82, 2.24) is 4.90 Å². The second kappa shape index (κ2) is 9.21. The summed E-state index contributed by atoms with van der Waals surface area (Å²) in [6.45, 7) is 7.68. The highest BCUT2D eigenvalue weighted by Crippen LogP contribution is 2.38. The van der Waals surface area contributed by atoms with Crippen LogP contribution in [0.5, 0.6) is 0 Å². The molecule has 1 fully saturated rings. The Labute approximate surface area is 212 Å². The minimum absolute atomic E-state index is 0.0104. The molecule has 0 spiro atoms. The summed E-state index contributed by atoms with van der Waals surface area (Å²) in [5.74, 6) is 0.0450. The van der Waals surface area contributed by atoms with Crippen LogP contribution in [0.3, 0.4) is 0 Å². The molecule has 2 heterocycles. The van der Waals surface area contributed by atoms with Crippen LogP contribution in [0.25, 0.3) is 0 Å². The maximum absolute atomic E-state index is 13.9. The molecule has 2 aliphatic rings. The summed E-state index contributed by atoms with van der Waals surface area (Å²) in [6, 6.07) is 17.0. The molecular weight excluding hydrogens is 472 g/mol. The normalized spacial score (nSPS) is 17.4. The third kappa shape index (κ3) is 4.22. The molecule has 5 rings (SSSR count). The molecule has 0 unspecified atom stereocenters. The quantitative estimate of drug-likeness (QED) is 0.495. The van der Waals surface area contributed by atoms with Crippen LogP contribution >= 0.6 is 0 Å². The first-order valence-corrected chi connectivity index (χ1v) is 13.8. The standard InChI is InChI=1S/C29H30N2O4S/c1-19-12-14-30(15-13-19)28(32)22-10-11-27-25(17-22)31(18-23-16-20(2)8-9-21(23)3)29(33)24-6-4-5-7-26(24)36(27,34)35/h4-11,16-17,19H,12-15,18H2,1-3H3. The number of carbonyl (C=O) groups is 2. The van der Waals surface area contributed by atoms with E-state index >= 15 is 0 Å². The number of hydrogen-bond acceptors (Lipinski definition) is 4. The highest BCUT2D eigenvalue weighted by molar-refractivity contribution is 7.91. The predicted octanol–water partition coefficient (Wildman–Crippen LogP) is 5.17. The fraction of sp³-hybridized carbons (Fsp3) is 0.310. The van der Waals surface area contributed by atoms with Crippen LogP contribution in [-0.4, -0.2) is 38.2 Å². The first kappa shape index (κ1) is 24.3. The molecule has 2 aliphatic heterocycles. The average Bonchev–Trinajstić information content (AvgIpc) is 2.94. The van der Waals surface area contributed by atoms with E-state index in [-0.39, 0.29) is 33.5 Å². The lowest BCUT2D eigenvalue weighted by Gasteiger charge is -2.31. The van der Waals surface area contributed by atoms with E-state index in [2.05, 4.69) is 6.92 Å². The monoisotopic (exact) mass is 502 g/mol. The van der Waals surface area contributed by atoms with Crippen molar-refractivity contribution in [3.05, 3.63) is 88.5 Å². The van der Waals surface area contributed by atoms with Crippen LogP contribution in [0.4, 0.5) is 5.69 Å². The van der Waals surface area contributed by atoms with E-state index in [4.69, 9.17) is 0 Å². The Balaban J connectivity index is 1.66. The summed E-state index contributed by atoms with van der Waals surface area (Å²) >= 11 is 0. The van der Waals surface area contributed by atoms with Gasteiger partial charge in [0.05, 0.1) is 27.6 Å². The number of hydrogen-bond donors (Lipinski definition) is 0. The number of amides is 2. The Morgan fingerprint density at radius 2 is 1.67 bits per heavy atom. The van der Waals surface area contributed by atoms with Crippen molar-refractivity contribution in [1.29, 1.82) is 0 Å². The molecule has 6 nitrogen and oxygen atoms in total. The number of rotatable bonds is 3. The highest BCUT2D eigenvalue weighted by Gasteiger charge is 2.36. The lowest BCUT2D eigenvalue weighted by Crippen LogP contribution is -2.38. The van der Waals surface area contributed by atoms with Gasteiger partial charge in [-0.15, -0.1) is 0 Å². The third-order valence-electron chi connectivity index (χ3n) is 7.34. The van der Waals surface area contributed by atoms with Gasteiger partial charge in [-0.1, -0.05) is 42.8 Å². The lowest BCUT2D eigenvalue weighted by atomic mass is 9.98. The van der Waals surface area contributed by atoms with Crippen LogP contribution < -0.4 is 4.90 Å². The van der Waals surface area contributed by atoms with Gasteiger partial charge in [-0.2, -0.15) is 0 Å². The zero-order chi connectivity index (χ0) is 25.6. The number of aryl methyl sites for hydroxylation is 2. The molecular formula is C29H30N2O4S. The number of benzene rings is 3. The van der Waals surface area contributed by atoms with E-state index in [0.29, 0.717) is 24.6 Å². The van der Waals surface area contributed by atoms with Crippen molar-refractivity contribution in [3.8, 4) is 0 Å². The summed E-state index contributed by atoms with van der Waals surface area (Å²) in [5, 5.41) is 0. The number of likely N-dealkylation sites (tertiary alicyclic amines) is 1. The molecule has 0 saturated carbocycles. The molecule has 0 bridgehead atoms. The number of nitrogens with zero attached hydrogens (tertiary/aromatic N) is 2. The second-order valence-corrected chi connectivity index (χ2v) is 11.9. The molecule has 0 atom stereocenters. The predicted molar refractivity (Wildman–Crippen MR) is 139 cm³/mol. The maximum atomic E-state index is 13.9. The summed E-state index contributed by atoms with van der Waals surface area (Å²) in [6.07, 6.45) is 1.88. The van der Waals surface area contributed by atoms with Crippen molar-refractivity contribution in [2.45, 2.75) is 49.9 Å². The Kier molecular flexibility index (Phi) is 6.20. The van der Waals surface area contributed by atoms with Gasteiger partial charge in [0.25, 0.3) is 11.8 Å². The Morgan fingerprint density at radius 1 is 0.944 bits per heavy atom. The molecule has 0 radical (unpaired) electrons. The Bertz CT molecular complexity index is 1470. The van der Waals surface area contributed by atoms with Crippen LogP contribution in [0.15, 0.2) is 70.5 Å². The van der Waals surface area contributed by atoms with Crippen LogP contribution in [0.1, 0.15) is 57.2 Å². The van der Waals surface area contributed by atoms with Crippen LogP contribution in [-0.2, 0) is 16.4 Å². The zero-order valence-electron chi connectivity index (χ0n) is 20.8. The van der Waals surface area contributed by atoms with Crippen molar-refractivity contribution in [2.75, 3.05) is 18.0 Å². The fourth-order valence-electron chi connectivity index (χ4n) is 5.03. The van der Waals surface area contributed by atoms with Gasteiger partial charge in [-0.05, 0) is 74.1 Å². The molecule has 1 saturated heterocycles. The van der Waals surface area contributed by atoms with Crippen LogP contribution in [0, 0.1) is 19.8 Å². The van der Waals surface area contributed by atoms with Gasteiger partial charge in [-0.25, -0.2) is 8.42 Å². The third-order valence-corrected chi connectivity index (χ3v) is 9.20. The zero-order valence-corrected chi connectivity index (χ0v) is 21.6. The van der Waals surface area contributed by atoms with E-state index in [0.717, 1.165) is 29.5 Å². The van der Waals surface area contributed by atoms with E-state index < -0.39 is 15.7 Å². The van der Waals surface area contributed by atoms with E-state index in [1.807, 2.05) is 36.9 Å². The number of sulfone groups is 1. The average molecular weight is 503 g/mol. The van der Waals surface area contributed by atoms with Gasteiger partial charge in [0.1, 0.15) is 0 Å². The Morgan fingerprint density at radius 3 is 2.42 bits per heavy atom. The first-order valence-electron chi connectivity index (χ1n) is 12.3. The molecule has 3 aromatic rings. The molecule has 36 heavy (non-hydrogen) atoms. The minimum atomic E-state index is -3.98. The largest absolute Gasteiger partial charge is 0.339 e. The minimum Gasteiger partial charge on any atom is -0.339 e. The second-order valence-electron chi connectivity index (χ2n) is 9.98. The van der Waals surface area contributed by atoms with E-state index in [1.165, 1.54) is 17.0 Å². The van der Waals surface area contributed by atoms with E-state index in [1.54, 1.807) is 30.3 Å². The summed E-state index contributed by atoms with van der Waals surface area (Å²) in [7, 11) is -3.98. The van der Waals surface area contributed by atoms with Gasteiger partial charge in [-0.3, -0.25) is 9.59 Å². The maximum Gasteiger partial charge on any atom is 0.259 e. The Hall–Kier alpha value is -3.45. The van der Waals surface area contributed by atoms with Crippen molar-refractivity contribution >= 4 is 27.3 Å². The number of piperidine rings is 1. The van der Waals surface area contributed by atoms with Crippen LogP contribution in [0.2, 0.25) is 0 Å². The topological polar surface area (TPSA) is 74.8 Å². The number of fused-ring (bicyclic) bond motifs is 2. The summed E-state index contributed by atoms with van der Waals surface area (Å²) < 4.78 is 27.4. The van der Waals surface area contributed by atoms with E-state index in [9.17, 15) is 18.0 Å². The fourth-order valence-corrected chi connectivity index (χ4v) is 6.66. The van der Waals surface area contributed by atoms with Gasteiger partial charge < -0.3 is 9.80 Å². The molecule has 0 aromatic heterocycles. The summed E-state index contributed by atoms with van der Waals surface area (Å²) in [4.78, 5) is 30.6. The molecule has 0 aliphatic carbocycles. The number of carbonyl (C=O) groups excluding carboxylic acids is 2. The van der Waals surface area contributed by atoms with Gasteiger partial charge in [0.15, 0.2) is 0 Å². The van der Waals surface area contributed by atoms with Gasteiger partial charge in [0.2, 0.25) is 9.84 Å². The summed E-state index contributed by atoms with van der Waals surface area (Å²) in [5.41, 5.74) is 3.75. The highest BCUT2D eigenvalue weighted by atomic mass is 32.2. The number of anilines is 1. The lowest BCUT2D eigenvalue weighted by molar-refractivity contribution is 0.0696. The smallest absolute Gasteiger partial charge is 0.259 e. The van der Waals surface area contributed by atoms with Crippen molar-refractivity contribution < 1.29 is 18.0 Å².